The van der Waals surface area contributed by atoms with Gasteiger partial charge in [-0.15, -0.1) is 0 Å². The summed E-state index contributed by atoms with van der Waals surface area (Å²) in [5, 5.41) is 2.76. The minimum absolute atomic E-state index is 0.144. The molecule has 2 aromatic carbocycles. The van der Waals surface area contributed by atoms with Crippen molar-refractivity contribution in [2.75, 3.05) is 39.3 Å². The summed E-state index contributed by atoms with van der Waals surface area (Å²) in [7, 11) is 0. The van der Waals surface area contributed by atoms with Gasteiger partial charge in [0.1, 0.15) is 23.4 Å². The highest BCUT2D eigenvalue weighted by atomic mass is 16.6. The number of ether oxygens (including phenoxy) is 4. The van der Waals surface area contributed by atoms with Crippen molar-refractivity contribution in [2.45, 2.75) is 83.2 Å². The van der Waals surface area contributed by atoms with Crippen LogP contribution in [0.5, 0.6) is 17.2 Å². The fourth-order valence-electron chi connectivity index (χ4n) is 6.53. The Morgan fingerprint density at radius 3 is 2.04 bits per heavy atom. The summed E-state index contributed by atoms with van der Waals surface area (Å²) < 4.78 is 22.3. The van der Waals surface area contributed by atoms with Crippen molar-refractivity contribution in [2.24, 2.45) is 5.41 Å². The highest BCUT2D eigenvalue weighted by Crippen LogP contribution is 2.46. The van der Waals surface area contributed by atoms with E-state index < -0.39 is 6.09 Å². The Hall–Kier alpha value is -3.95. The molecular formula is C35H47N3O7. The van der Waals surface area contributed by atoms with E-state index in [9.17, 15) is 14.4 Å². The van der Waals surface area contributed by atoms with E-state index >= 15 is 0 Å². The molecule has 2 aromatic rings. The Bertz CT molecular complexity index is 1220. The third-order valence-electron chi connectivity index (χ3n) is 9.29. The molecule has 0 unspecified atom stereocenters. The van der Waals surface area contributed by atoms with Crippen molar-refractivity contribution in [1.29, 1.82) is 0 Å². The molecule has 2 heterocycles. The number of carbonyl (C=O) groups excluding carboxylic acids is 3. The molecule has 5 rings (SSSR count). The number of unbranched alkanes of at least 4 members (excludes halogenated alkanes) is 3. The number of carbonyl (C=O) groups is 3. The first-order chi connectivity index (χ1) is 22.0. The van der Waals surface area contributed by atoms with Gasteiger partial charge in [0.2, 0.25) is 0 Å². The minimum atomic E-state index is -0.497. The molecule has 0 atom stereocenters. The average Bonchev–Trinajstić information content (AvgIpc) is 3.52. The fraction of sp³-hybridized carbons (Fsp3) is 0.571. The van der Waals surface area contributed by atoms with Crippen LogP contribution < -0.4 is 14.8 Å². The molecule has 45 heavy (non-hydrogen) atoms. The van der Waals surface area contributed by atoms with E-state index in [1.807, 2.05) is 35.2 Å². The summed E-state index contributed by atoms with van der Waals surface area (Å²) in [4.78, 5) is 40.8. The largest absolute Gasteiger partial charge is 0.457 e. The molecule has 0 radical (unpaired) electrons. The highest BCUT2D eigenvalue weighted by molar-refractivity contribution is 5.70. The zero-order chi connectivity index (χ0) is 31.3. The van der Waals surface area contributed by atoms with Crippen LogP contribution in [0, 0.1) is 5.41 Å². The second-order valence-corrected chi connectivity index (χ2v) is 12.5. The van der Waals surface area contributed by atoms with Gasteiger partial charge in [0, 0.05) is 45.6 Å². The zero-order valence-electron chi connectivity index (χ0n) is 26.3. The van der Waals surface area contributed by atoms with Gasteiger partial charge in [0.25, 0.3) is 0 Å². The summed E-state index contributed by atoms with van der Waals surface area (Å²) >= 11 is 0. The molecule has 10 heteroatoms. The van der Waals surface area contributed by atoms with Gasteiger partial charge in [-0.2, -0.15) is 0 Å². The number of nitrogens with zero attached hydrogens (tertiary/aromatic N) is 2. The minimum Gasteiger partial charge on any atom is -0.457 e. The molecule has 3 aliphatic rings. The van der Waals surface area contributed by atoms with Crippen molar-refractivity contribution < 1.29 is 33.3 Å². The number of nitrogens with one attached hydrogen (secondary N) is 1. The number of amides is 3. The molecule has 1 N–H and O–H groups in total. The standard InChI is InChI=1S/C35H47N3O7/c39-32(44-30-14-12-29(13-15-30)43-28-10-4-3-5-11-28)36-22-8-1-2-9-27-42-33(40)37-23-16-31(17-24-37)45-34(41)38-25-20-35(21-26-38)18-6-7-19-35/h3-5,10-15,31H,1-2,6-9,16-27H2,(H,36,39). The second-order valence-electron chi connectivity index (χ2n) is 12.5. The zero-order valence-corrected chi connectivity index (χ0v) is 26.3. The molecular weight excluding hydrogens is 574 g/mol. The van der Waals surface area contributed by atoms with Crippen LogP contribution in [0.3, 0.4) is 0 Å². The molecule has 2 saturated heterocycles. The SMILES string of the molecule is O=C(NCCCCCCOC(=O)N1CCC(OC(=O)N2CCC3(CCCC3)CC2)CC1)Oc1ccc(Oc2ccccc2)cc1. The smallest absolute Gasteiger partial charge is 0.412 e. The summed E-state index contributed by atoms with van der Waals surface area (Å²) in [5.74, 6) is 1.84. The van der Waals surface area contributed by atoms with E-state index in [0.29, 0.717) is 56.0 Å². The maximum atomic E-state index is 12.7. The third kappa shape index (κ3) is 10.0. The van der Waals surface area contributed by atoms with E-state index in [4.69, 9.17) is 18.9 Å². The van der Waals surface area contributed by atoms with Crippen LogP contribution in [0.1, 0.15) is 77.0 Å². The van der Waals surface area contributed by atoms with Crippen molar-refractivity contribution in [3.05, 3.63) is 54.6 Å². The van der Waals surface area contributed by atoms with Gasteiger partial charge in [-0.25, -0.2) is 14.4 Å². The maximum Gasteiger partial charge on any atom is 0.412 e. The fourth-order valence-corrected chi connectivity index (χ4v) is 6.53. The third-order valence-corrected chi connectivity index (χ3v) is 9.29. The first-order valence-corrected chi connectivity index (χ1v) is 16.6. The lowest BCUT2D eigenvalue weighted by molar-refractivity contribution is 0.0139. The topological polar surface area (TPSA) is 107 Å². The van der Waals surface area contributed by atoms with Gasteiger partial charge in [-0.1, -0.05) is 37.5 Å². The molecule has 3 fully saturated rings. The number of piperidine rings is 2. The highest BCUT2D eigenvalue weighted by Gasteiger charge is 2.39. The summed E-state index contributed by atoms with van der Waals surface area (Å²) in [6, 6.07) is 16.4. The van der Waals surface area contributed by atoms with Gasteiger partial charge < -0.3 is 34.1 Å². The van der Waals surface area contributed by atoms with Gasteiger partial charge in [0.15, 0.2) is 0 Å². The first-order valence-electron chi connectivity index (χ1n) is 16.6. The maximum absolute atomic E-state index is 12.7. The number of rotatable bonds is 11. The van der Waals surface area contributed by atoms with Gasteiger partial charge >= 0.3 is 18.3 Å². The summed E-state index contributed by atoms with van der Waals surface area (Å²) in [6.07, 6.45) is 11.0. The summed E-state index contributed by atoms with van der Waals surface area (Å²) in [5.41, 5.74) is 0.476. The monoisotopic (exact) mass is 621 g/mol. The van der Waals surface area contributed by atoms with Crippen LogP contribution in [0.4, 0.5) is 14.4 Å². The molecule has 1 spiro atoms. The van der Waals surface area contributed by atoms with Crippen LogP contribution in [-0.2, 0) is 9.47 Å². The number of para-hydroxylation sites is 1. The Kier molecular flexibility index (Phi) is 11.8. The Labute approximate surface area is 266 Å². The van der Waals surface area contributed by atoms with Crippen molar-refractivity contribution >= 4 is 18.3 Å². The predicted molar refractivity (Wildman–Crippen MR) is 170 cm³/mol. The number of benzene rings is 2. The van der Waals surface area contributed by atoms with Crippen molar-refractivity contribution in [1.82, 2.24) is 15.1 Å². The van der Waals surface area contributed by atoms with E-state index in [1.165, 1.54) is 25.7 Å². The quantitative estimate of drug-likeness (QED) is 0.259. The lowest BCUT2D eigenvalue weighted by Gasteiger charge is -2.39. The van der Waals surface area contributed by atoms with Crippen molar-refractivity contribution in [3.63, 3.8) is 0 Å². The van der Waals surface area contributed by atoms with Crippen LogP contribution in [-0.4, -0.2) is 73.5 Å². The van der Waals surface area contributed by atoms with E-state index in [-0.39, 0.29) is 18.3 Å². The molecule has 3 amide bonds. The van der Waals surface area contributed by atoms with Crippen molar-refractivity contribution in [3.8, 4) is 17.2 Å². The predicted octanol–water partition coefficient (Wildman–Crippen LogP) is 7.52. The van der Waals surface area contributed by atoms with Crippen LogP contribution in [0.25, 0.3) is 0 Å². The second kappa shape index (κ2) is 16.4. The Morgan fingerprint density at radius 1 is 0.711 bits per heavy atom. The molecule has 1 aliphatic carbocycles. The molecule has 244 valence electrons. The van der Waals surface area contributed by atoms with E-state index in [1.54, 1.807) is 29.2 Å². The van der Waals surface area contributed by atoms with Gasteiger partial charge in [-0.05, 0) is 86.8 Å². The lowest BCUT2D eigenvalue weighted by atomic mass is 9.77. The lowest BCUT2D eigenvalue weighted by Crippen LogP contribution is -2.46. The molecule has 10 nitrogen and oxygen atoms in total. The van der Waals surface area contributed by atoms with Crippen LogP contribution in [0.15, 0.2) is 54.6 Å². The number of hydrogen-bond donors (Lipinski definition) is 1. The molecule has 0 aromatic heterocycles. The summed E-state index contributed by atoms with van der Waals surface area (Å²) in [6.45, 7) is 3.54. The Morgan fingerprint density at radius 2 is 1.33 bits per heavy atom. The molecule has 0 bridgehead atoms. The van der Waals surface area contributed by atoms with E-state index in [0.717, 1.165) is 57.4 Å². The normalized spacial score (nSPS) is 18.0. The van der Waals surface area contributed by atoms with E-state index in [2.05, 4.69) is 5.32 Å². The van der Waals surface area contributed by atoms with Crippen LogP contribution in [0.2, 0.25) is 0 Å². The van der Waals surface area contributed by atoms with Gasteiger partial charge in [-0.3, -0.25) is 0 Å². The Balaban J connectivity index is 0.852. The number of hydrogen-bond acceptors (Lipinski definition) is 7. The first kappa shape index (κ1) is 32.4. The average molecular weight is 622 g/mol. The van der Waals surface area contributed by atoms with Gasteiger partial charge in [0.05, 0.1) is 6.61 Å². The van der Waals surface area contributed by atoms with Crippen LogP contribution >= 0.6 is 0 Å². The molecule has 1 saturated carbocycles. The number of likely N-dealkylation sites (tertiary alicyclic amines) is 2. The molecule has 2 aliphatic heterocycles.